The Morgan fingerprint density at radius 1 is 1.22 bits per heavy atom. The van der Waals surface area contributed by atoms with E-state index in [1.165, 1.54) is 5.56 Å². The maximum atomic E-state index is 11.7. The van der Waals surface area contributed by atoms with Gasteiger partial charge >= 0.3 is 0 Å². The molecule has 0 saturated carbocycles. The van der Waals surface area contributed by atoms with Crippen LogP contribution in [0.3, 0.4) is 0 Å². The molecule has 100 valence electrons. The quantitative estimate of drug-likeness (QED) is 0.912. The van der Waals surface area contributed by atoms with Crippen LogP contribution in [0.2, 0.25) is 0 Å². The third-order valence-electron chi connectivity index (χ3n) is 3.58. The van der Waals surface area contributed by atoms with E-state index in [-0.39, 0.29) is 11.5 Å². The summed E-state index contributed by atoms with van der Waals surface area (Å²) in [6.45, 7) is 2.88. The van der Waals surface area contributed by atoms with E-state index in [0.29, 0.717) is 19.0 Å². The van der Waals surface area contributed by atoms with Crippen LogP contribution < -0.4 is 0 Å². The number of nitrogens with zero attached hydrogens (tertiary/aromatic N) is 1. The average Bonchev–Trinajstić information content (AvgIpc) is 2.40. The lowest BCUT2D eigenvalue weighted by atomic mass is 9.90. The van der Waals surface area contributed by atoms with Crippen molar-refractivity contribution in [1.29, 1.82) is 0 Å². The summed E-state index contributed by atoms with van der Waals surface area (Å²) in [6.07, 6.45) is 1.70. The normalized spacial score (nSPS) is 18.9. The summed E-state index contributed by atoms with van der Waals surface area (Å²) in [5.41, 5.74) is 1.18. The molecule has 0 radical (unpaired) electrons. The van der Waals surface area contributed by atoms with Gasteiger partial charge in [-0.25, -0.2) is 12.7 Å². The standard InChI is InChI=1S/C13H19NO3S/c1-2-18(16,17)14-9-7-12(8-10-14)11-3-5-13(15)6-4-11/h3-6,12,15H,2,7-10H2,1H3. The predicted octanol–water partition coefficient (Wildman–Crippen LogP) is 1.92. The van der Waals surface area contributed by atoms with Crippen molar-refractivity contribution >= 4 is 10.0 Å². The Kier molecular flexibility index (Phi) is 3.92. The summed E-state index contributed by atoms with van der Waals surface area (Å²) in [5, 5.41) is 9.25. The smallest absolute Gasteiger partial charge is 0.213 e. The second kappa shape index (κ2) is 5.28. The molecule has 1 N–H and O–H groups in total. The van der Waals surface area contributed by atoms with Gasteiger partial charge in [0.1, 0.15) is 5.75 Å². The van der Waals surface area contributed by atoms with Gasteiger partial charge in [0.2, 0.25) is 10.0 Å². The summed E-state index contributed by atoms with van der Waals surface area (Å²) in [5.74, 6) is 0.843. The third kappa shape index (κ3) is 2.84. The molecule has 0 bridgehead atoms. The first-order valence-electron chi connectivity index (χ1n) is 6.29. The summed E-state index contributed by atoms with van der Waals surface area (Å²) >= 11 is 0. The van der Waals surface area contributed by atoms with E-state index in [0.717, 1.165) is 12.8 Å². The Labute approximate surface area is 108 Å². The van der Waals surface area contributed by atoms with Crippen molar-refractivity contribution in [3.8, 4) is 5.75 Å². The molecular weight excluding hydrogens is 250 g/mol. The number of benzene rings is 1. The van der Waals surface area contributed by atoms with Gasteiger partial charge in [-0.3, -0.25) is 0 Å². The topological polar surface area (TPSA) is 57.6 Å². The highest BCUT2D eigenvalue weighted by Crippen LogP contribution is 2.29. The molecule has 5 heteroatoms. The van der Waals surface area contributed by atoms with E-state index >= 15 is 0 Å². The van der Waals surface area contributed by atoms with Gasteiger partial charge in [0, 0.05) is 13.1 Å². The molecule has 1 heterocycles. The van der Waals surface area contributed by atoms with E-state index in [9.17, 15) is 13.5 Å². The molecular formula is C13H19NO3S. The van der Waals surface area contributed by atoms with Gasteiger partial charge in [0.05, 0.1) is 5.75 Å². The molecule has 0 unspecified atom stereocenters. The molecule has 0 atom stereocenters. The second-order valence-corrected chi connectivity index (χ2v) is 6.92. The Morgan fingerprint density at radius 3 is 2.28 bits per heavy atom. The van der Waals surface area contributed by atoms with Crippen LogP contribution in [0.1, 0.15) is 31.2 Å². The highest BCUT2D eigenvalue weighted by molar-refractivity contribution is 7.89. The molecule has 1 saturated heterocycles. The maximum Gasteiger partial charge on any atom is 0.213 e. The minimum Gasteiger partial charge on any atom is -0.508 e. The Morgan fingerprint density at radius 2 is 1.78 bits per heavy atom. The number of sulfonamides is 1. The zero-order valence-electron chi connectivity index (χ0n) is 10.5. The van der Waals surface area contributed by atoms with Crippen molar-refractivity contribution in [2.45, 2.75) is 25.7 Å². The molecule has 0 aliphatic carbocycles. The van der Waals surface area contributed by atoms with Crippen LogP contribution in [0, 0.1) is 0 Å². The van der Waals surface area contributed by atoms with E-state index in [2.05, 4.69) is 0 Å². The molecule has 1 aliphatic heterocycles. The molecule has 4 nitrogen and oxygen atoms in total. The van der Waals surface area contributed by atoms with Gasteiger partial charge in [0.25, 0.3) is 0 Å². The first-order valence-corrected chi connectivity index (χ1v) is 7.90. The van der Waals surface area contributed by atoms with Crippen LogP contribution >= 0.6 is 0 Å². The molecule has 0 amide bonds. The summed E-state index contributed by atoms with van der Waals surface area (Å²) in [4.78, 5) is 0. The lowest BCUT2D eigenvalue weighted by Gasteiger charge is -2.31. The molecule has 1 aromatic rings. The highest BCUT2D eigenvalue weighted by Gasteiger charge is 2.27. The Bertz CT molecular complexity index is 487. The number of hydrogen-bond donors (Lipinski definition) is 1. The van der Waals surface area contributed by atoms with Crippen molar-refractivity contribution < 1.29 is 13.5 Å². The first-order chi connectivity index (χ1) is 8.53. The van der Waals surface area contributed by atoms with Crippen LogP contribution in [-0.4, -0.2) is 36.7 Å². The average molecular weight is 269 g/mol. The predicted molar refractivity (Wildman–Crippen MR) is 71.1 cm³/mol. The number of piperidine rings is 1. The fourth-order valence-corrected chi connectivity index (χ4v) is 3.53. The summed E-state index contributed by atoms with van der Waals surface area (Å²) in [6, 6.07) is 7.21. The van der Waals surface area contributed by atoms with Crippen molar-refractivity contribution in [2.75, 3.05) is 18.8 Å². The molecule has 0 spiro atoms. The van der Waals surface area contributed by atoms with Gasteiger partial charge < -0.3 is 5.11 Å². The molecule has 0 aromatic heterocycles. The SMILES string of the molecule is CCS(=O)(=O)N1CCC(c2ccc(O)cc2)CC1. The van der Waals surface area contributed by atoms with Gasteiger partial charge in [0.15, 0.2) is 0 Å². The van der Waals surface area contributed by atoms with Crippen molar-refractivity contribution in [3.05, 3.63) is 29.8 Å². The van der Waals surface area contributed by atoms with E-state index in [4.69, 9.17) is 0 Å². The largest absolute Gasteiger partial charge is 0.508 e. The summed E-state index contributed by atoms with van der Waals surface area (Å²) in [7, 11) is -3.04. The van der Waals surface area contributed by atoms with Gasteiger partial charge in [-0.15, -0.1) is 0 Å². The summed E-state index contributed by atoms with van der Waals surface area (Å²) < 4.78 is 25.1. The van der Waals surface area contributed by atoms with Crippen molar-refractivity contribution in [1.82, 2.24) is 4.31 Å². The van der Waals surface area contributed by atoms with Gasteiger partial charge in [-0.2, -0.15) is 0 Å². The molecule has 18 heavy (non-hydrogen) atoms. The zero-order valence-corrected chi connectivity index (χ0v) is 11.4. The van der Waals surface area contributed by atoms with Crippen molar-refractivity contribution in [2.24, 2.45) is 0 Å². The van der Waals surface area contributed by atoms with E-state index in [1.54, 1.807) is 23.4 Å². The van der Waals surface area contributed by atoms with Crippen LogP contribution in [-0.2, 0) is 10.0 Å². The zero-order chi connectivity index (χ0) is 13.2. The van der Waals surface area contributed by atoms with Crippen LogP contribution in [0.15, 0.2) is 24.3 Å². The minimum atomic E-state index is -3.04. The number of aromatic hydroxyl groups is 1. The molecule has 1 fully saturated rings. The van der Waals surface area contributed by atoms with E-state index < -0.39 is 10.0 Å². The minimum absolute atomic E-state index is 0.177. The highest BCUT2D eigenvalue weighted by atomic mass is 32.2. The third-order valence-corrected chi connectivity index (χ3v) is 5.46. The number of rotatable bonds is 3. The fraction of sp³-hybridized carbons (Fsp3) is 0.538. The number of hydrogen-bond acceptors (Lipinski definition) is 3. The molecule has 1 aromatic carbocycles. The van der Waals surface area contributed by atoms with Gasteiger partial charge in [-0.05, 0) is 43.4 Å². The Balaban J connectivity index is 2.01. The Hall–Kier alpha value is -1.07. The van der Waals surface area contributed by atoms with Crippen LogP contribution in [0.5, 0.6) is 5.75 Å². The molecule has 2 rings (SSSR count). The monoisotopic (exact) mass is 269 g/mol. The van der Waals surface area contributed by atoms with Crippen molar-refractivity contribution in [3.63, 3.8) is 0 Å². The fourth-order valence-electron chi connectivity index (χ4n) is 2.40. The van der Waals surface area contributed by atoms with Crippen LogP contribution in [0.25, 0.3) is 0 Å². The number of phenols is 1. The first kappa shape index (κ1) is 13.4. The molecule has 1 aliphatic rings. The van der Waals surface area contributed by atoms with E-state index in [1.807, 2.05) is 12.1 Å². The lowest BCUT2D eigenvalue weighted by molar-refractivity contribution is 0.320. The second-order valence-electron chi connectivity index (χ2n) is 4.67. The van der Waals surface area contributed by atoms with Crippen LogP contribution in [0.4, 0.5) is 0 Å². The van der Waals surface area contributed by atoms with Gasteiger partial charge in [-0.1, -0.05) is 12.1 Å². The number of phenolic OH excluding ortho intramolecular Hbond substituents is 1. The maximum absolute atomic E-state index is 11.7. The lowest BCUT2D eigenvalue weighted by Crippen LogP contribution is -2.38.